The zero-order valence-electron chi connectivity index (χ0n) is 11.1. The lowest BCUT2D eigenvalue weighted by molar-refractivity contribution is 0.178. The molecule has 0 amide bonds. The Morgan fingerprint density at radius 3 is 2.79 bits per heavy atom. The average molecular weight is 287 g/mol. The molecule has 1 fully saturated rings. The second-order valence-electron chi connectivity index (χ2n) is 5.09. The number of nitrogens with one attached hydrogen (secondary N) is 1. The Bertz CT molecular complexity index is 430. The number of hydrogen-bond acceptors (Lipinski definition) is 6. The lowest BCUT2D eigenvalue weighted by atomic mass is 10.1. The normalized spacial score (nSPS) is 22.8. The third-order valence-electron chi connectivity index (χ3n) is 2.99. The van der Waals surface area contributed by atoms with Gasteiger partial charge in [0.1, 0.15) is 0 Å². The van der Waals surface area contributed by atoms with E-state index >= 15 is 0 Å². The molecule has 1 aliphatic carbocycles. The van der Waals surface area contributed by atoms with Crippen molar-refractivity contribution in [3.8, 4) is 6.01 Å². The number of nitrogens with zero attached hydrogens (tertiary/aromatic N) is 3. The number of hydrogen-bond donors (Lipinski definition) is 2. The molecule has 0 saturated heterocycles. The summed E-state index contributed by atoms with van der Waals surface area (Å²) >= 11 is 5.83. The molecule has 2 rings (SSSR count). The van der Waals surface area contributed by atoms with Crippen LogP contribution in [-0.2, 0) is 0 Å². The molecule has 2 atom stereocenters. The molecule has 0 aromatic carbocycles. The van der Waals surface area contributed by atoms with Gasteiger partial charge in [0, 0.05) is 6.54 Å². The van der Waals surface area contributed by atoms with Gasteiger partial charge in [-0.2, -0.15) is 15.0 Å². The summed E-state index contributed by atoms with van der Waals surface area (Å²) in [5.41, 5.74) is 0. The van der Waals surface area contributed by atoms with Crippen molar-refractivity contribution >= 4 is 17.5 Å². The molecule has 106 valence electrons. The van der Waals surface area contributed by atoms with Crippen molar-refractivity contribution in [1.82, 2.24) is 15.0 Å². The van der Waals surface area contributed by atoms with Gasteiger partial charge in [-0.25, -0.2) is 0 Å². The summed E-state index contributed by atoms with van der Waals surface area (Å²) in [5, 5.41) is 12.7. The second kappa shape index (κ2) is 6.34. The van der Waals surface area contributed by atoms with Gasteiger partial charge >= 0.3 is 6.01 Å². The van der Waals surface area contributed by atoms with Crippen molar-refractivity contribution in [2.45, 2.75) is 45.3 Å². The fourth-order valence-corrected chi connectivity index (χ4v) is 2.30. The molecule has 6 nitrogen and oxygen atoms in total. The molecule has 2 unspecified atom stereocenters. The molecule has 7 heteroatoms. The Balaban J connectivity index is 1.94. The standard InChI is InChI=1S/C12H19ClN4O2/c1-7(2)19-12-16-10(13)15-11(17-12)14-6-8-3-4-9(18)5-8/h7-9,18H,3-6H2,1-2H3,(H,14,15,16,17). The smallest absolute Gasteiger partial charge is 0.322 e. The van der Waals surface area contributed by atoms with Gasteiger partial charge in [-0.3, -0.25) is 0 Å². The number of ether oxygens (including phenoxy) is 1. The molecule has 0 aliphatic heterocycles. The van der Waals surface area contributed by atoms with Crippen LogP contribution in [0.3, 0.4) is 0 Å². The molecule has 1 aromatic rings. The number of aliphatic hydroxyl groups excluding tert-OH is 1. The van der Waals surface area contributed by atoms with Crippen LogP contribution in [0.25, 0.3) is 0 Å². The van der Waals surface area contributed by atoms with Gasteiger partial charge in [0.05, 0.1) is 12.2 Å². The van der Waals surface area contributed by atoms with Crippen LogP contribution in [-0.4, -0.2) is 38.8 Å². The largest absolute Gasteiger partial charge is 0.461 e. The average Bonchev–Trinajstić information content (AvgIpc) is 2.71. The van der Waals surface area contributed by atoms with Crippen LogP contribution >= 0.6 is 11.6 Å². The van der Waals surface area contributed by atoms with Gasteiger partial charge < -0.3 is 15.2 Å². The molecular formula is C12H19ClN4O2. The van der Waals surface area contributed by atoms with Gasteiger partial charge in [-0.1, -0.05) is 0 Å². The molecule has 1 aromatic heterocycles. The lowest BCUT2D eigenvalue weighted by Gasteiger charge is -2.12. The first-order chi connectivity index (χ1) is 9.02. The van der Waals surface area contributed by atoms with E-state index in [1.165, 1.54) is 0 Å². The second-order valence-corrected chi connectivity index (χ2v) is 5.43. The van der Waals surface area contributed by atoms with E-state index in [-0.39, 0.29) is 23.5 Å². The summed E-state index contributed by atoms with van der Waals surface area (Å²) in [6.07, 6.45) is 2.51. The Hall–Kier alpha value is -1.14. The molecule has 0 radical (unpaired) electrons. The number of anilines is 1. The zero-order chi connectivity index (χ0) is 13.8. The van der Waals surface area contributed by atoms with Crippen LogP contribution in [0.4, 0.5) is 5.95 Å². The Morgan fingerprint density at radius 1 is 1.37 bits per heavy atom. The summed E-state index contributed by atoms with van der Waals surface area (Å²) in [6.45, 7) is 4.51. The summed E-state index contributed by atoms with van der Waals surface area (Å²) < 4.78 is 5.40. The minimum Gasteiger partial charge on any atom is -0.461 e. The van der Waals surface area contributed by atoms with Crippen LogP contribution in [0.1, 0.15) is 33.1 Å². The SMILES string of the molecule is CC(C)Oc1nc(Cl)nc(NCC2CCC(O)C2)n1. The Labute approximate surface area is 117 Å². The van der Waals surface area contributed by atoms with Crippen LogP contribution < -0.4 is 10.1 Å². The first kappa shape index (κ1) is 14.3. The monoisotopic (exact) mass is 286 g/mol. The van der Waals surface area contributed by atoms with Crippen LogP contribution in [0.5, 0.6) is 6.01 Å². The maximum absolute atomic E-state index is 9.47. The predicted octanol–water partition coefficient (Wildman–Crippen LogP) is 1.89. The first-order valence-corrected chi connectivity index (χ1v) is 6.91. The highest BCUT2D eigenvalue weighted by Crippen LogP contribution is 2.25. The van der Waals surface area contributed by atoms with Gasteiger partial charge in [0.15, 0.2) is 0 Å². The minimum absolute atomic E-state index is 0.0173. The number of aliphatic hydroxyl groups is 1. The van der Waals surface area contributed by atoms with E-state index in [0.717, 1.165) is 25.8 Å². The molecule has 1 heterocycles. The van der Waals surface area contributed by atoms with Crippen molar-refractivity contribution in [3.63, 3.8) is 0 Å². The summed E-state index contributed by atoms with van der Waals surface area (Å²) in [5.74, 6) is 0.858. The Kier molecular flexibility index (Phi) is 4.76. The van der Waals surface area contributed by atoms with E-state index in [2.05, 4.69) is 20.3 Å². The first-order valence-electron chi connectivity index (χ1n) is 6.53. The lowest BCUT2D eigenvalue weighted by Crippen LogP contribution is -2.16. The maximum Gasteiger partial charge on any atom is 0.322 e. The van der Waals surface area contributed by atoms with Gasteiger partial charge in [-0.15, -0.1) is 0 Å². The summed E-state index contributed by atoms with van der Waals surface area (Å²) in [4.78, 5) is 12.1. The number of rotatable bonds is 5. The van der Waals surface area contributed by atoms with Crippen molar-refractivity contribution in [2.75, 3.05) is 11.9 Å². The van der Waals surface area contributed by atoms with E-state index < -0.39 is 0 Å². The number of halogens is 1. The molecule has 0 spiro atoms. The summed E-state index contributed by atoms with van der Waals surface area (Å²) in [7, 11) is 0. The van der Waals surface area contributed by atoms with E-state index in [1.54, 1.807) is 0 Å². The highest BCUT2D eigenvalue weighted by molar-refractivity contribution is 6.28. The van der Waals surface area contributed by atoms with Gasteiger partial charge in [0.25, 0.3) is 0 Å². The predicted molar refractivity (Wildman–Crippen MR) is 72.4 cm³/mol. The molecule has 19 heavy (non-hydrogen) atoms. The van der Waals surface area contributed by atoms with Crippen molar-refractivity contribution in [2.24, 2.45) is 5.92 Å². The fourth-order valence-electron chi connectivity index (χ4n) is 2.14. The fraction of sp³-hybridized carbons (Fsp3) is 0.750. The van der Waals surface area contributed by atoms with Crippen LogP contribution in [0, 0.1) is 5.92 Å². The minimum atomic E-state index is -0.173. The van der Waals surface area contributed by atoms with Gasteiger partial charge in [-0.05, 0) is 50.6 Å². The molecule has 0 bridgehead atoms. The molecule has 1 aliphatic rings. The van der Waals surface area contributed by atoms with E-state index in [1.807, 2.05) is 13.8 Å². The third-order valence-corrected chi connectivity index (χ3v) is 3.16. The Morgan fingerprint density at radius 2 is 2.16 bits per heavy atom. The third kappa shape index (κ3) is 4.47. The maximum atomic E-state index is 9.47. The van der Waals surface area contributed by atoms with E-state index in [9.17, 15) is 5.11 Å². The van der Waals surface area contributed by atoms with Crippen molar-refractivity contribution in [3.05, 3.63) is 5.28 Å². The van der Waals surface area contributed by atoms with E-state index in [0.29, 0.717) is 11.9 Å². The van der Waals surface area contributed by atoms with Crippen molar-refractivity contribution in [1.29, 1.82) is 0 Å². The summed E-state index contributed by atoms with van der Waals surface area (Å²) in [6, 6.07) is 0.226. The van der Waals surface area contributed by atoms with E-state index in [4.69, 9.17) is 16.3 Å². The molecule has 2 N–H and O–H groups in total. The number of aromatic nitrogens is 3. The molecule has 1 saturated carbocycles. The quantitative estimate of drug-likeness (QED) is 0.860. The zero-order valence-corrected chi connectivity index (χ0v) is 11.9. The molecular weight excluding hydrogens is 268 g/mol. The highest BCUT2D eigenvalue weighted by Gasteiger charge is 2.22. The van der Waals surface area contributed by atoms with Gasteiger partial charge in [0.2, 0.25) is 11.2 Å². The van der Waals surface area contributed by atoms with Crippen molar-refractivity contribution < 1.29 is 9.84 Å². The van der Waals surface area contributed by atoms with Crippen LogP contribution in [0.15, 0.2) is 0 Å². The highest BCUT2D eigenvalue weighted by atomic mass is 35.5. The topological polar surface area (TPSA) is 80.2 Å². The van der Waals surface area contributed by atoms with Crippen LogP contribution in [0.2, 0.25) is 5.28 Å².